The number of aliphatic imine (C=N–C) groups is 1. The lowest BCUT2D eigenvalue weighted by atomic mass is 9.98. The van der Waals surface area contributed by atoms with E-state index in [1.54, 1.807) is 18.5 Å². The van der Waals surface area contributed by atoms with Gasteiger partial charge in [0.2, 0.25) is 5.95 Å². The summed E-state index contributed by atoms with van der Waals surface area (Å²) in [5, 5.41) is 4.43. The molecule has 1 aromatic heterocycles. The molecule has 3 N–H and O–H groups in total. The minimum absolute atomic E-state index is 0. The van der Waals surface area contributed by atoms with Crippen molar-refractivity contribution in [3.05, 3.63) is 52.3 Å². The number of aromatic nitrogens is 2. The zero-order valence-corrected chi connectivity index (χ0v) is 19.5. The molecule has 1 aliphatic heterocycles. The Labute approximate surface area is 193 Å². The predicted octanol–water partition coefficient (Wildman–Crippen LogP) is 4.28. The Balaban J connectivity index is 0.00000280. The largest absolute Gasteiger partial charge is 0.370 e. The zero-order chi connectivity index (χ0) is 19.2. The molecule has 2 aromatic rings. The van der Waals surface area contributed by atoms with Crippen molar-refractivity contribution >= 4 is 59.1 Å². The number of guanidine groups is 1. The molecule has 9 heteroatoms. The van der Waals surface area contributed by atoms with Crippen LogP contribution in [0.1, 0.15) is 31.4 Å². The summed E-state index contributed by atoms with van der Waals surface area (Å²) < 4.78 is 0. The smallest absolute Gasteiger partial charge is 0.225 e. The monoisotopic (exact) mass is 534 g/mol. The number of nitrogens with two attached hydrogens (primary N) is 1. The SMILES string of the molecule is CC(NC(N)=NCC1CCCN(c2ncccn2)C1)c1ccc(Cl)cc1Cl.I. The molecule has 1 saturated heterocycles. The van der Waals surface area contributed by atoms with Crippen LogP contribution in [0.25, 0.3) is 0 Å². The average Bonchev–Trinajstić information content (AvgIpc) is 2.67. The van der Waals surface area contributed by atoms with Crippen LogP contribution in [0.15, 0.2) is 41.7 Å². The molecule has 2 heterocycles. The lowest BCUT2D eigenvalue weighted by molar-refractivity contribution is 0.419. The van der Waals surface area contributed by atoms with Crippen molar-refractivity contribution in [3.63, 3.8) is 0 Å². The van der Waals surface area contributed by atoms with E-state index in [-0.39, 0.29) is 30.0 Å². The van der Waals surface area contributed by atoms with E-state index < -0.39 is 0 Å². The normalized spacial score (nSPS) is 18.3. The molecule has 0 aliphatic carbocycles. The van der Waals surface area contributed by atoms with Gasteiger partial charge in [0, 0.05) is 42.1 Å². The van der Waals surface area contributed by atoms with E-state index in [4.69, 9.17) is 28.9 Å². The maximum Gasteiger partial charge on any atom is 0.225 e. The van der Waals surface area contributed by atoms with Gasteiger partial charge in [-0.05, 0) is 49.4 Å². The van der Waals surface area contributed by atoms with Gasteiger partial charge in [0.1, 0.15) is 0 Å². The Morgan fingerprint density at radius 1 is 1.36 bits per heavy atom. The Morgan fingerprint density at radius 3 is 2.82 bits per heavy atom. The number of piperidine rings is 1. The summed E-state index contributed by atoms with van der Waals surface area (Å²) in [6, 6.07) is 7.21. The molecule has 152 valence electrons. The Morgan fingerprint density at radius 2 is 2.11 bits per heavy atom. The van der Waals surface area contributed by atoms with Crippen molar-refractivity contribution in [1.82, 2.24) is 15.3 Å². The first-order valence-electron chi connectivity index (χ1n) is 9.06. The number of hydrogen-bond donors (Lipinski definition) is 2. The van der Waals surface area contributed by atoms with Gasteiger partial charge in [-0.3, -0.25) is 4.99 Å². The average molecular weight is 535 g/mol. The predicted molar refractivity (Wildman–Crippen MR) is 127 cm³/mol. The third kappa shape index (κ3) is 6.35. The van der Waals surface area contributed by atoms with Crippen LogP contribution in [0.3, 0.4) is 0 Å². The summed E-state index contributed by atoms with van der Waals surface area (Å²) in [5.74, 6) is 1.63. The molecule has 6 nitrogen and oxygen atoms in total. The maximum absolute atomic E-state index is 6.26. The summed E-state index contributed by atoms with van der Waals surface area (Å²) in [6.45, 7) is 4.53. The molecular formula is C19H25Cl2IN6. The first-order chi connectivity index (χ1) is 13.0. The van der Waals surface area contributed by atoms with Crippen molar-refractivity contribution in [3.8, 4) is 0 Å². The van der Waals surface area contributed by atoms with Crippen LogP contribution >= 0.6 is 47.2 Å². The molecular weight excluding hydrogens is 510 g/mol. The van der Waals surface area contributed by atoms with Gasteiger partial charge in [-0.2, -0.15) is 0 Å². The van der Waals surface area contributed by atoms with Gasteiger partial charge in [-0.25, -0.2) is 9.97 Å². The topological polar surface area (TPSA) is 79.4 Å². The van der Waals surface area contributed by atoms with Crippen LogP contribution in [-0.2, 0) is 0 Å². The molecule has 2 unspecified atom stereocenters. The molecule has 3 rings (SSSR count). The highest BCUT2D eigenvalue weighted by atomic mass is 127. The van der Waals surface area contributed by atoms with Crippen molar-refractivity contribution < 1.29 is 0 Å². The molecule has 1 fully saturated rings. The second-order valence-electron chi connectivity index (χ2n) is 6.76. The van der Waals surface area contributed by atoms with E-state index in [1.807, 2.05) is 25.1 Å². The molecule has 0 radical (unpaired) electrons. The van der Waals surface area contributed by atoms with Crippen molar-refractivity contribution in [2.45, 2.75) is 25.8 Å². The second kappa shape index (κ2) is 11.0. The lowest BCUT2D eigenvalue weighted by Crippen LogP contribution is -2.39. The molecule has 2 atom stereocenters. The highest BCUT2D eigenvalue weighted by Gasteiger charge is 2.21. The van der Waals surface area contributed by atoms with Gasteiger partial charge in [0.15, 0.2) is 5.96 Å². The molecule has 0 amide bonds. The molecule has 0 saturated carbocycles. The number of hydrogen-bond acceptors (Lipinski definition) is 4. The minimum atomic E-state index is -0.0564. The van der Waals surface area contributed by atoms with E-state index in [0.29, 0.717) is 28.5 Å². The van der Waals surface area contributed by atoms with Gasteiger partial charge in [0.25, 0.3) is 0 Å². The Bertz CT molecular complexity index is 789. The lowest BCUT2D eigenvalue weighted by Gasteiger charge is -2.32. The van der Waals surface area contributed by atoms with Gasteiger partial charge < -0.3 is 16.0 Å². The number of halogens is 3. The van der Waals surface area contributed by atoms with Crippen molar-refractivity contribution in [1.29, 1.82) is 0 Å². The molecule has 28 heavy (non-hydrogen) atoms. The van der Waals surface area contributed by atoms with Crippen LogP contribution in [0.5, 0.6) is 0 Å². The molecule has 0 spiro atoms. The standard InChI is InChI=1S/C19H24Cl2N6.HI/c1-13(16-6-5-15(20)10-17(16)21)26-18(22)25-11-14-4-2-9-27(12-14)19-23-7-3-8-24-19;/h3,5-8,10,13-14H,2,4,9,11-12H2,1H3,(H3,22,25,26);1H. The van der Waals surface area contributed by atoms with Gasteiger partial charge in [0.05, 0.1) is 6.04 Å². The fraction of sp³-hybridized carbons (Fsp3) is 0.421. The van der Waals surface area contributed by atoms with E-state index >= 15 is 0 Å². The van der Waals surface area contributed by atoms with Crippen LogP contribution in [0.2, 0.25) is 10.0 Å². The number of nitrogens with one attached hydrogen (secondary N) is 1. The van der Waals surface area contributed by atoms with E-state index in [9.17, 15) is 0 Å². The Kier molecular flexibility index (Phi) is 9.04. The molecule has 1 aliphatic rings. The highest BCUT2D eigenvalue weighted by molar-refractivity contribution is 14.0. The minimum Gasteiger partial charge on any atom is -0.370 e. The summed E-state index contributed by atoms with van der Waals surface area (Å²) in [7, 11) is 0. The highest BCUT2D eigenvalue weighted by Crippen LogP contribution is 2.26. The number of anilines is 1. The third-order valence-corrected chi connectivity index (χ3v) is 5.23. The molecule has 1 aromatic carbocycles. The van der Waals surface area contributed by atoms with Gasteiger partial charge in [-0.15, -0.1) is 24.0 Å². The zero-order valence-electron chi connectivity index (χ0n) is 15.7. The summed E-state index contributed by atoms with van der Waals surface area (Å²) >= 11 is 12.2. The first-order valence-corrected chi connectivity index (χ1v) is 9.82. The van der Waals surface area contributed by atoms with Crippen LogP contribution in [0.4, 0.5) is 5.95 Å². The van der Waals surface area contributed by atoms with E-state index in [2.05, 4.69) is 25.2 Å². The number of rotatable bonds is 5. The summed E-state index contributed by atoms with van der Waals surface area (Å²) in [5.41, 5.74) is 7.02. The Hall–Kier alpha value is -1.32. The van der Waals surface area contributed by atoms with Crippen LogP contribution in [-0.4, -0.2) is 35.6 Å². The maximum atomic E-state index is 6.26. The third-order valence-electron chi connectivity index (χ3n) is 4.67. The van der Waals surface area contributed by atoms with E-state index in [1.165, 1.54) is 0 Å². The van der Waals surface area contributed by atoms with Crippen LogP contribution < -0.4 is 16.0 Å². The quantitative estimate of drug-likeness (QED) is 0.340. The van der Waals surface area contributed by atoms with Crippen molar-refractivity contribution in [2.24, 2.45) is 16.6 Å². The first kappa shape index (κ1) is 23.0. The van der Waals surface area contributed by atoms with Crippen molar-refractivity contribution in [2.75, 3.05) is 24.5 Å². The summed E-state index contributed by atoms with van der Waals surface area (Å²) in [6.07, 6.45) is 5.77. The van der Waals surface area contributed by atoms with Gasteiger partial charge >= 0.3 is 0 Å². The number of benzene rings is 1. The summed E-state index contributed by atoms with van der Waals surface area (Å²) in [4.78, 5) is 15.4. The van der Waals surface area contributed by atoms with Gasteiger partial charge in [-0.1, -0.05) is 29.3 Å². The number of nitrogens with zero attached hydrogens (tertiary/aromatic N) is 4. The second-order valence-corrected chi connectivity index (χ2v) is 7.60. The fourth-order valence-electron chi connectivity index (χ4n) is 3.28. The van der Waals surface area contributed by atoms with Crippen LogP contribution in [0, 0.1) is 5.92 Å². The fourth-order valence-corrected chi connectivity index (χ4v) is 3.85. The molecule has 0 bridgehead atoms. The van der Waals surface area contributed by atoms with E-state index in [0.717, 1.165) is 37.4 Å².